The van der Waals surface area contributed by atoms with E-state index in [0.29, 0.717) is 21.1 Å². The van der Waals surface area contributed by atoms with Gasteiger partial charge in [0.1, 0.15) is 5.78 Å². The first kappa shape index (κ1) is 18.4. The molecule has 0 heterocycles. The molecule has 0 aliphatic rings. The lowest BCUT2D eigenvalue weighted by Gasteiger charge is -2.32. The minimum atomic E-state index is -2.82. The van der Waals surface area contributed by atoms with Crippen molar-refractivity contribution in [3.05, 3.63) is 90.5 Å². The number of halogens is 1. The Morgan fingerprint density at radius 3 is 1.62 bits per heavy atom. The molecule has 0 aromatic heterocycles. The summed E-state index contributed by atoms with van der Waals surface area (Å²) in [5.74, 6) is 0.205. The Morgan fingerprint density at radius 1 is 0.769 bits per heavy atom. The van der Waals surface area contributed by atoms with Gasteiger partial charge in [-0.2, -0.15) is 3.89 Å². The first-order valence-electron chi connectivity index (χ1n) is 8.76. The van der Waals surface area contributed by atoms with E-state index in [1.165, 1.54) is 0 Å². The minimum absolute atomic E-state index is 0.00852. The smallest absolute Gasteiger partial charge is 0.139 e. The third kappa shape index (κ3) is 3.73. The molecule has 3 aromatic rings. The zero-order chi connectivity index (χ0) is 18.6. The Morgan fingerprint density at radius 2 is 1.19 bits per heavy atom. The summed E-state index contributed by atoms with van der Waals surface area (Å²) in [6.45, 7) is 3.80. The van der Waals surface area contributed by atoms with Crippen molar-refractivity contribution in [1.29, 1.82) is 0 Å². The Hall–Kier alpha value is -2.39. The van der Waals surface area contributed by atoms with Gasteiger partial charge in [-0.05, 0) is 52.4 Å². The maximum atomic E-state index is 16.5. The summed E-state index contributed by atoms with van der Waals surface area (Å²) in [6.07, 6.45) is 0.392. The molecule has 0 fully saturated rings. The van der Waals surface area contributed by atoms with Crippen molar-refractivity contribution >= 4 is 16.2 Å². The second kappa shape index (κ2) is 7.88. The van der Waals surface area contributed by atoms with Gasteiger partial charge in [0.05, 0.1) is 0 Å². The van der Waals surface area contributed by atoms with E-state index in [2.05, 4.69) is 0 Å². The molecule has 0 bridgehead atoms. The van der Waals surface area contributed by atoms with Gasteiger partial charge in [0.25, 0.3) is 0 Å². The highest BCUT2D eigenvalue weighted by atomic mass is 32.3. The van der Waals surface area contributed by atoms with Crippen LogP contribution in [0.5, 0.6) is 0 Å². The molecule has 134 valence electrons. The molecule has 3 rings (SSSR count). The summed E-state index contributed by atoms with van der Waals surface area (Å²) in [5.41, 5.74) is 0.926. The van der Waals surface area contributed by atoms with Crippen LogP contribution in [0.15, 0.2) is 99.6 Å². The highest BCUT2D eigenvalue weighted by Crippen LogP contribution is 2.69. The number of rotatable bonds is 6. The number of hydrogen-bond acceptors (Lipinski definition) is 1. The van der Waals surface area contributed by atoms with Crippen molar-refractivity contribution in [1.82, 2.24) is 0 Å². The number of ketones is 1. The summed E-state index contributed by atoms with van der Waals surface area (Å²) in [6, 6.07) is 26.1. The predicted octanol–water partition coefficient (Wildman–Crippen LogP) is 6.62. The van der Waals surface area contributed by atoms with Crippen LogP contribution >= 0.6 is 10.4 Å². The fourth-order valence-electron chi connectivity index (χ4n) is 2.82. The van der Waals surface area contributed by atoms with Crippen LogP contribution in [-0.4, -0.2) is 5.78 Å². The molecule has 0 atom stereocenters. The van der Waals surface area contributed by atoms with Crippen molar-refractivity contribution in [3.63, 3.8) is 0 Å². The van der Waals surface area contributed by atoms with Crippen LogP contribution in [0.3, 0.4) is 0 Å². The average molecular weight is 367 g/mol. The average Bonchev–Trinajstić information content (AvgIpc) is 2.69. The van der Waals surface area contributed by atoms with Crippen LogP contribution in [0.2, 0.25) is 0 Å². The highest BCUT2D eigenvalue weighted by Gasteiger charge is 2.30. The van der Waals surface area contributed by atoms with Crippen molar-refractivity contribution in [3.8, 4) is 0 Å². The number of carbonyl (C=O) groups excluding carboxylic acids is 1. The van der Waals surface area contributed by atoms with Gasteiger partial charge in [0, 0.05) is 27.0 Å². The Kier molecular flexibility index (Phi) is 5.58. The monoisotopic (exact) mass is 366 g/mol. The number of benzene rings is 3. The quantitative estimate of drug-likeness (QED) is 0.479. The van der Waals surface area contributed by atoms with Crippen LogP contribution in [-0.2, 0) is 11.2 Å². The third-order valence-corrected chi connectivity index (χ3v) is 7.17. The molecule has 0 saturated heterocycles. The van der Waals surface area contributed by atoms with Crippen molar-refractivity contribution in [2.45, 2.75) is 35.0 Å². The van der Waals surface area contributed by atoms with E-state index in [-0.39, 0.29) is 11.7 Å². The maximum absolute atomic E-state index is 16.5. The van der Waals surface area contributed by atoms with Gasteiger partial charge in [-0.15, -0.1) is 0 Å². The van der Waals surface area contributed by atoms with Crippen molar-refractivity contribution in [2.24, 2.45) is 5.92 Å². The van der Waals surface area contributed by atoms with Crippen LogP contribution in [0, 0.1) is 5.92 Å². The molecule has 0 aliphatic heterocycles. The Bertz CT molecular complexity index is 818. The van der Waals surface area contributed by atoms with E-state index in [9.17, 15) is 4.79 Å². The lowest BCUT2D eigenvalue weighted by atomic mass is 10.0. The molecule has 0 saturated carbocycles. The van der Waals surface area contributed by atoms with E-state index >= 15 is 3.89 Å². The molecule has 3 heteroatoms. The van der Waals surface area contributed by atoms with E-state index in [1.807, 2.05) is 98.8 Å². The zero-order valence-electron chi connectivity index (χ0n) is 15.1. The van der Waals surface area contributed by atoms with Gasteiger partial charge in [0.15, 0.2) is 0 Å². The summed E-state index contributed by atoms with van der Waals surface area (Å²) < 4.78 is 16.5. The van der Waals surface area contributed by atoms with E-state index < -0.39 is 10.4 Å². The summed E-state index contributed by atoms with van der Waals surface area (Å²) in [7, 11) is -2.82. The molecule has 1 nitrogen and oxygen atoms in total. The van der Waals surface area contributed by atoms with Crippen LogP contribution in [0.4, 0.5) is 3.89 Å². The molecule has 0 radical (unpaired) electrons. The summed E-state index contributed by atoms with van der Waals surface area (Å²) >= 11 is 0. The van der Waals surface area contributed by atoms with Gasteiger partial charge in [-0.1, -0.05) is 62.4 Å². The minimum Gasteiger partial charge on any atom is -0.299 e. The Balaban J connectivity index is 2.02. The normalized spacial score (nSPS) is 12.2. The maximum Gasteiger partial charge on any atom is 0.139 e. The summed E-state index contributed by atoms with van der Waals surface area (Å²) in [4.78, 5) is 14.0. The van der Waals surface area contributed by atoms with Crippen LogP contribution in [0.1, 0.15) is 19.4 Å². The van der Waals surface area contributed by atoms with E-state index in [1.54, 1.807) is 0 Å². The standard InChI is InChI=1S/C23H23FOS/c1-18(2)23(25)17-19-13-15-22(16-14-19)26(24,20-9-5-3-6-10-20)21-11-7-4-8-12-21/h3-16,18H,17H2,1-2H3. The van der Waals surface area contributed by atoms with Crippen LogP contribution < -0.4 is 0 Å². The molecule has 0 spiro atoms. The molecule has 26 heavy (non-hydrogen) atoms. The van der Waals surface area contributed by atoms with Gasteiger partial charge in [-0.25, -0.2) is 0 Å². The number of hydrogen-bond donors (Lipinski definition) is 0. The largest absolute Gasteiger partial charge is 0.299 e. The molecule has 0 unspecified atom stereocenters. The first-order valence-corrected chi connectivity index (χ1v) is 10.3. The second-order valence-electron chi connectivity index (χ2n) is 6.61. The Labute approximate surface area is 156 Å². The fraction of sp³-hybridized carbons (Fsp3) is 0.174. The topological polar surface area (TPSA) is 17.1 Å². The fourth-order valence-corrected chi connectivity index (χ4v) is 5.22. The first-order chi connectivity index (χ1) is 12.5. The zero-order valence-corrected chi connectivity index (χ0v) is 15.9. The lowest BCUT2D eigenvalue weighted by molar-refractivity contribution is -0.121. The molecule has 0 amide bonds. The molecule has 0 N–H and O–H groups in total. The van der Waals surface area contributed by atoms with E-state index in [4.69, 9.17) is 0 Å². The van der Waals surface area contributed by atoms with Gasteiger partial charge in [-0.3, -0.25) is 4.79 Å². The van der Waals surface area contributed by atoms with E-state index in [0.717, 1.165) is 5.56 Å². The molecular formula is C23H23FOS. The second-order valence-corrected chi connectivity index (χ2v) is 9.09. The van der Waals surface area contributed by atoms with Gasteiger partial charge < -0.3 is 0 Å². The lowest BCUT2D eigenvalue weighted by Crippen LogP contribution is -2.10. The third-order valence-electron chi connectivity index (χ3n) is 4.41. The van der Waals surface area contributed by atoms with Crippen molar-refractivity contribution in [2.75, 3.05) is 0 Å². The SMILES string of the molecule is CC(C)C(=O)Cc1ccc(S(F)(c2ccccc2)c2ccccc2)cc1. The molecule has 0 aliphatic carbocycles. The van der Waals surface area contributed by atoms with Gasteiger partial charge in [0.2, 0.25) is 0 Å². The van der Waals surface area contributed by atoms with Crippen LogP contribution in [0.25, 0.3) is 0 Å². The highest BCUT2D eigenvalue weighted by molar-refractivity contribution is 8.29. The molecule has 3 aromatic carbocycles. The number of Topliss-reactive ketones (excluding diaryl/α,β-unsaturated/α-hetero) is 1. The number of carbonyl (C=O) groups is 1. The predicted molar refractivity (Wildman–Crippen MR) is 106 cm³/mol. The molecular weight excluding hydrogens is 343 g/mol. The van der Waals surface area contributed by atoms with Crippen molar-refractivity contribution < 1.29 is 8.68 Å². The summed E-state index contributed by atoms with van der Waals surface area (Å²) in [5, 5.41) is 0. The van der Waals surface area contributed by atoms with Gasteiger partial charge >= 0.3 is 0 Å².